The zero-order chi connectivity index (χ0) is 18.2. The van der Waals surface area contributed by atoms with Crippen molar-refractivity contribution in [3.8, 4) is 0 Å². The Morgan fingerprint density at radius 3 is 2.56 bits per heavy atom. The zero-order valence-electron chi connectivity index (χ0n) is 13.2. The van der Waals surface area contributed by atoms with Crippen LogP contribution in [0.15, 0.2) is 53.4 Å². The molecule has 130 valence electrons. The van der Waals surface area contributed by atoms with E-state index < -0.39 is 32.5 Å². The summed E-state index contributed by atoms with van der Waals surface area (Å²) < 4.78 is 54.4. The van der Waals surface area contributed by atoms with E-state index in [1.165, 1.54) is 0 Å². The quantitative estimate of drug-likeness (QED) is 0.774. The molecular weight excluding hydrogens is 350 g/mol. The van der Waals surface area contributed by atoms with E-state index in [4.69, 9.17) is 0 Å². The van der Waals surface area contributed by atoms with E-state index in [-0.39, 0.29) is 6.54 Å². The monoisotopic (exact) mass is 364 g/mol. The summed E-state index contributed by atoms with van der Waals surface area (Å²) in [5.74, 6) is -2.99. The highest BCUT2D eigenvalue weighted by molar-refractivity contribution is 7.90. The van der Waals surface area contributed by atoms with Gasteiger partial charge in [0, 0.05) is 17.3 Å². The third kappa shape index (κ3) is 3.39. The van der Waals surface area contributed by atoms with Gasteiger partial charge in [-0.15, -0.1) is 0 Å². The molecule has 0 atom stereocenters. The maximum atomic E-state index is 13.7. The van der Waals surface area contributed by atoms with Crippen LogP contribution >= 0.6 is 0 Å². The molecule has 8 heteroatoms. The molecule has 3 aromatic rings. The van der Waals surface area contributed by atoms with Crippen LogP contribution in [0.4, 0.5) is 8.78 Å². The van der Waals surface area contributed by atoms with E-state index in [0.29, 0.717) is 6.07 Å². The Hall–Kier alpha value is -2.74. The maximum Gasteiger partial charge on any atom is 0.267 e. The summed E-state index contributed by atoms with van der Waals surface area (Å²) in [4.78, 5) is 11.4. The summed E-state index contributed by atoms with van der Waals surface area (Å²) in [6, 6.07) is 11.3. The predicted octanol–water partition coefficient (Wildman–Crippen LogP) is 2.73. The number of aryl methyl sites for hydroxylation is 1. The second-order valence-electron chi connectivity index (χ2n) is 5.53. The third-order valence-corrected chi connectivity index (χ3v) is 5.16. The van der Waals surface area contributed by atoms with Gasteiger partial charge in [0.15, 0.2) is 0 Å². The van der Waals surface area contributed by atoms with Gasteiger partial charge in [-0.05, 0) is 36.6 Å². The second kappa shape index (κ2) is 6.29. The summed E-state index contributed by atoms with van der Waals surface area (Å²) in [6.45, 7) is 1.54. The lowest BCUT2D eigenvalue weighted by Crippen LogP contribution is -2.34. The van der Waals surface area contributed by atoms with Crippen molar-refractivity contribution in [1.82, 2.24) is 9.29 Å². The fourth-order valence-corrected chi connectivity index (χ4v) is 3.67. The Morgan fingerprint density at radius 2 is 1.84 bits per heavy atom. The van der Waals surface area contributed by atoms with Crippen molar-refractivity contribution in [1.29, 1.82) is 0 Å². The van der Waals surface area contributed by atoms with Gasteiger partial charge in [-0.2, -0.15) is 0 Å². The molecule has 0 radical (unpaired) electrons. The van der Waals surface area contributed by atoms with Crippen molar-refractivity contribution in [3.63, 3.8) is 0 Å². The summed E-state index contributed by atoms with van der Waals surface area (Å²) in [5.41, 5.74) is 1.56. The highest BCUT2D eigenvalue weighted by atomic mass is 32.2. The molecule has 0 aliphatic heterocycles. The number of rotatable bonds is 4. The second-order valence-corrected chi connectivity index (χ2v) is 7.18. The molecule has 1 aromatic heterocycles. The lowest BCUT2D eigenvalue weighted by molar-refractivity contribution is -0.119. The van der Waals surface area contributed by atoms with E-state index in [1.54, 1.807) is 17.6 Å². The first-order valence-corrected chi connectivity index (χ1v) is 8.82. The van der Waals surface area contributed by atoms with Gasteiger partial charge in [0.05, 0.1) is 0 Å². The number of amides is 1. The smallest absolute Gasteiger partial charge is 0.267 e. The molecule has 0 aliphatic rings. The number of sulfonamides is 1. The molecule has 1 N–H and O–H groups in total. The fraction of sp³-hybridized carbons (Fsp3) is 0.118. The van der Waals surface area contributed by atoms with Gasteiger partial charge in [0.2, 0.25) is 0 Å². The van der Waals surface area contributed by atoms with Crippen LogP contribution in [0.1, 0.15) is 5.69 Å². The summed E-state index contributed by atoms with van der Waals surface area (Å²) in [6.07, 6.45) is 0. The minimum atomic E-state index is -4.43. The molecule has 0 bridgehead atoms. The average Bonchev–Trinajstić information content (AvgIpc) is 2.82. The SMILES string of the molecule is Cc1cc2ccccc2n1CC(=O)NS(=O)(=O)c1ccc(F)cc1F. The lowest BCUT2D eigenvalue weighted by atomic mass is 10.2. The molecule has 3 rings (SSSR count). The Bertz CT molecular complexity index is 1070. The molecular formula is C17H14F2N2O3S. The van der Waals surface area contributed by atoms with E-state index in [2.05, 4.69) is 0 Å². The van der Waals surface area contributed by atoms with Crippen molar-refractivity contribution < 1.29 is 22.0 Å². The highest BCUT2D eigenvalue weighted by Gasteiger charge is 2.22. The number of fused-ring (bicyclic) bond motifs is 1. The summed E-state index contributed by atoms with van der Waals surface area (Å²) in [5, 5.41) is 0.917. The van der Waals surface area contributed by atoms with Gasteiger partial charge in [-0.25, -0.2) is 21.9 Å². The summed E-state index contributed by atoms with van der Waals surface area (Å²) in [7, 11) is -4.43. The topological polar surface area (TPSA) is 68.2 Å². The van der Waals surface area contributed by atoms with Crippen molar-refractivity contribution in [3.05, 3.63) is 65.9 Å². The minimum Gasteiger partial charge on any atom is -0.335 e. The number of hydrogen-bond donors (Lipinski definition) is 1. The van der Waals surface area contributed by atoms with Crippen LogP contribution in [0.5, 0.6) is 0 Å². The van der Waals surface area contributed by atoms with Gasteiger partial charge in [0.1, 0.15) is 23.1 Å². The van der Waals surface area contributed by atoms with Crippen molar-refractivity contribution in [2.75, 3.05) is 0 Å². The van der Waals surface area contributed by atoms with Crippen LogP contribution in [-0.4, -0.2) is 18.9 Å². The number of benzene rings is 2. The van der Waals surface area contributed by atoms with Crippen molar-refractivity contribution >= 4 is 26.8 Å². The molecule has 0 unspecified atom stereocenters. The van der Waals surface area contributed by atoms with Crippen LogP contribution in [0.25, 0.3) is 10.9 Å². The van der Waals surface area contributed by atoms with Crippen molar-refractivity contribution in [2.45, 2.75) is 18.4 Å². The largest absolute Gasteiger partial charge is 0.335 e. The predicted molar refractivity (Wildman–Crippen MR) is 88.4 cm³/mol. The number of carbonyl (C=O) groups excluding carboxylic acids is 1. The Balaban J connectivity index is 1.85. The van der Waals surface area contributed by atoms with Gasteiger partial charge in [-0.1, -0.05) is 18.2 Å². The van der Waals surface area contributed by atoms with Crippen LogP contribution < -0.4 is 4.72 Å². The molecule has 0 aliphatic carbocycles. The van der Waals surface area contributed by atoms with Gasteiger partial charge in [-0.3, -0.25) is 4.79 Å². The van der Waals surface area contributed by atoms with Crippen LogP contribution in [0.3, 0.4) is 0 Å². The molecule has 1 heterocycles. The first-order valence-electron chi connectivity index (χ1n) is 7.33. The van der Waals surface area contributed by atoms with Crippen LogP contribution in [-0.2, 0) is 21.4 Å². The normalized spacial score (nSPS) is 11.6. The van der Waals surface area contributed by atoms with E-state index >= 15 is 0 Å². The number of aromatic nitrogens is 1. The Morgan fingerprint density at radius 1 is 1.12 bits per heavy atom. The third-order valence-electron chi connectivity index (χ3n) is 3.75. The number of para-hydroxylation sites is 1. The number of nitrogens with zero attached hydrogens (tertiary/aromatic N) is 1. The van der Waals surface area contributed by atoms with Crippen molar-refractivity contribution in [2.24, 2.45) is 0 Å². The molecule has 0 saturated carbocycles. The zero-order valence-corrected chi connectivity index (χ0v) is 14.0. The van der Waals surface area contributed by atoms with E-state index in [0.717, 1.165) is 28.7 Å². The number of hydrogen-bond acceptors (Lipinski definition) is 3. The standard InChI is InChI=1S/C17H14F2N2O3S/c1-11-8-12-4-2-3-5-15(12)21(11)10-17(22)20-25(23,24)16-7-6-13(18)9-14(16)19/h2-9H,10H2,1H3,(H,20,22). The van der Waals surface area contributed by atoms with Gasteiger partial charge >= 0.3 is 0 Å². The molecule has 2 aromatic carbocycles. The van der Waals surface area contributed by atoms with E-state index in [9.17, 15) is 22.0 Å². The Kier molecular flexibility index (Phi) is 4.30. The lowest BCUT2D eigenvalue weighted by Gasteiger charge is -2.10. The number of nitrogens with one attached hydrogen (secondary N) is 1. The van der Waals surface area contributed by atoms with E-state index in [1.807, 2.05) is 29.0 Å². The first kappa shape index (κ1) is 17.1. The summed E-state index contributed by atoms with van der Waals surface area (Å²) >= 11 is 0. The number of halogens is 2. The van der Waals surface area contributed by atoms with Gasteiger partial charge in [0.25, 0.3) is 15.9 Å². The average molecular weight is 364 g/mol. The highest BCUT2D eigenvalue weighted by Crippen LogP contribution is 2.19. The fourth-order valence-electron chi connectivity index (χ4n) is 2.63. The molecule has 0 saturated heterocycles. The van der Waals surface area contributed by atoms with Gasteiger partial charge < -0.3 is 4.57 Å². The Labute approximate surface area is 142 Å². The van der Waals surface area contributed by atoms with Crippen LogP contribution in [0, 0.1) is 18.6 Å². The molecule has 5 nitrogen and oxygen atoms in total. The first-order chi connectivity index (χ1) is 11.8. The maximum absolute atomic E-state index is 13.7. The molecule has 0 spiro atoms. The minimum absolute atomic E-state index is 0.249. The number of carbonyl (C=O) groups is 1. The molecule has 1 amide bonds. The van der Waals surface area contributed by atoms with Crippen LogP contribution in [0.2, 0.25) is 0 Å². The molecule has 0 fully saturated rings. The molecule has 25 heavy (non-hydrogen) atoms.